The Balaban J connectivity index is 2.40. The Kier molecular flexibility index (Phi) is 5.48. The lowest BCUT2D eigenvalue weighted by atomic mass is 10.0. The normalized spacial score (nSPS) is 15.2. The molecule has 0 heterocycles. The van der Waals surface area contributed by atoms with Gasteiger partial charge in [-0.05, 0) is 18.8 Å². The van der Waals surface area contributed by atoms with Crippen LogP contribution < -0.4 is 21.5 Å². The van der Waals surface area contributed by atoms with Crippen molar-refractivity contribution in [1.29, 1.82) is 0 Å². The molecule has 0 aromatic carbocycles. The molecule has 0 saturated heterocycles. The van der Waals surface area contributed by atoms with Gasteiger partial charge in [0.25, 0.3) is 5.91 Å². The molecule has 1 fully saturated rings. The van der Waals surface area contributed by atoms with Crippen molar-refractivity contribution in [3.05, 3.63) is 0 Å². The van der Waals surface area contributed by atoms with Crippen LogP contribution in [-0.2, 0) is 19.2 Å². The lowest BCUT2D eigenvalue weighted by Crippen LogP contribution is -2.56. The van der Waals surface area contributed by atoms with Crippen molar-refractivity contribution in [1.82, 2.24) is 21.5 Å². The van der Waals surface area contributed by atoms with Gasteiger partial charge in [-0.25, -0.2) is 0 Å². The number of hydrogen-bond donors (Lipinski definition) is 4. The number of rotatable bonds is 4. The molecule has 0 spiro atoms. The molecule has 0 aromatic rings. The molecule has 4 N–H and O–H groups in total. The fourth-order valence-corrected chi connectivity index (χ4v) is 1.49. The van der Waals surface area contributed by atoms with Crippen LogP contribution in [0.25, 0.3) is 0 Å². The van der Waals surface area contributed by atoms with E-state index in [-0.39, 0.29) is 17.9 Å². The summed E-state index contributed by atoms with van der Waals surface area (Å²) in [6.45, 7) is 4.80. The van der Waals surface area contributed by atoms with Gasteiger partial charge in [0.15, 0.2) is 0 Å². The first-order valence-electron chi connectivity index (χ1n) is 6.49. The molecule has 4 amide bonds. The lowest BCUT2D eigenvalue weighted by Gasteiger charge is -2.20. The fraction of sp³-hybridized carbons (Fsp3) is 0.667. The van der Waals surface area contributed by atoms with Crippen molar-refractivity contribution in [3.8, 4) is 0 Å². The van der Waals surface area contributed by atoms with Gasteiger partial charge in [0, 0.05) is 13.0 Å². The molecule has 8 nitrogen and oxygen atoms in total. The minimum Gasteiger partial charge on any atom is -0.345 e. The van der Waals surface area contributed by atoms with Crippen molar-refractivity contribution in [2.75, 3.05) is 0 Å². The fourth-order valence-electron chi connectivity index (χ4n) is 1.49. The smallest absolute Gasteiger partial charge is 0.327 e. The highest BCUT2D eigenvalue weighted by Gasteiger charge is 2.27. The predicted octanol–water partition coefficient (Wildman–Crippen LogP) is -1.43. The SMILES string of the molecule is CC(=O)N[C@@H](C(=O)NNC(=O)C(=O)NC1CC1)C(C)C. The molecule has 8 heteroatoms. The van der Waals surface area contributed by atoms with Crippen molar-refractivity contribution in [2.24, 2.45) is 5.92 Å². The van der Waals surface area contributed by atoms with Crippen molar-refractivity contribution in [2.45, 2.75) is 45.7 Å². The molecule has 1 atom stereocenters. The van der Waals surface area contributed by atoms with Gasteiger partial charge in [0.05, 0.1) is 0 Å². The Bertz CT molecular complexity index is 418. The molecule has 1 aliphatic rings. The minimum atomic E-state index is -0.935. The second-order valence-electron chi connectivity index (χ2n) is 5.11. The molecule has 1 rings (SSSR count). The highest BCUT2D eigenvalue weighted by molar-refractivity contribution is 6.35. The molecule has 0 bridgehead atoms. The first-order valence-corrected chi connectivity index (χ1v) is 6.49. The van der Waals surface area contributed by atoms with Crippen LogP contribution in [0.15, 0.2) is 0 Å². The number of hydrogen-bond acceptors (Lipinski definition) is 4. The van der Waals surface area contributed by atoms with E-state index < -0.39 is 23.8 Å². The Morgan fingerprint density at radius 2 is 1.60 bits per heavy atom. The highest BCUT2D eigenvalue weighted by atomic mass is 16.2. The maximum absolute atomic E-state index is 11.8. The average molecular weight is 284 g/mol. The first-order chi connectivity index (χ1) is 9.31. The van der Waals surface area contributed by atoms with Gasteiger partial charge < -0.3 is 10.6 Å². The molecule has 112 valence electrons. The third-order valence-corrected chi connectivity index (χ3v) is 2.73. The third kappa shape index (κ3) is 5.25. The van der Waals surface area contributed by atoms with E-state index in [1.807, 2.05) is 5.43 Å². The molecule has 0 radical (unpaired) electrons. The largest absolute Gasteiger partial charge is 0.345 e. The molecule has 0 aromatic heterocycles. The van der Waals surface area contributed by atoms with Crippen LogP contribution in [0.5, 0.6) is 0 Å². The summed E-state index contributed by atoms with van der Waals surface area (Å²) in [4.78, 5) is 45.5. The zero-order chi connectivity index (χ0) is 15.3. The van der Waals surface area contributed by atoms with Crippen LogP contribution in [0.4, 0.5) is 0 Å². The van der Waals surface area contributed by atoms with Crippen LogP contribution in [-0.4, -0.2) is 35.7 Å². The predicted molar refractivity (Wildman–Crippen MR) is 69.9 cm³/mol. The van der Waals surface area contributed by atoms with Crippen LogP contribution in [0, 0.1) is 5.92 Å². The van der Waals surface area contributed by atoms with E-state index in [2.05, 4.69) is 16.1 Å². The molecular formula is C12H20N4O4. The Morgan fingerprint density at radius 1 is 1.00 bits per heavy atom. The number of carbonyl (C=O) groups excluding carboxylic acids is 4. The summed E-state index contributed by atoms with van der Waals surface area (Å²) in [6, 6.07) is -0.717. The number of carbonyl (C=O) groups is 4. The average Bonchev–Trinajstić information content (AvgIpc) is 3.15. The van der Waals surface area contributed by atoms with E-state index in [9.17, 15) is 19.2 Å². The van der Waals surface area contributed by atoms with E-state index in [0.29, 0.717) is 0 Å². The van der Waals surface area contributed by atoms with E-state index in [1.165, 1.54) is 6.92 Å². The van der Waals surface area contributed by atoms with Gasteiger partial charge in [0.2, 0.25) is 5.91 Å². The zero-order valence-electron chi connectivity index (χ0n) is 11.8. The standard InChI is InChI=1S/C12H20N4O4/c1-6(2)9(13-7(3)17)10(18)15-16-12(20)11(19)14-8-4-5-8/h6,8-9H,4-5H2,1-3H3,(H,13,17)(H,14,19)(H,15,18)(H,16,20)/t9-/m1/s1. The van der Waals surface area contributed by atoms with Crippen molar-refractivity contribution < 1.29 is 19.2 Å². The summed E-state index contributed by atoms with van der Waals surface area (Å²) in [6.07, 6.45) is 1.73. The van der Waals surface area contributed by atoms with Gasteiger partial charge in [-0.2, -0.15) is 0 Å². The van der Waals surface area contributed by atoms with Crippen LogP contribution in [0.1, 0.15) is 33.6 Å². The number of hydrazine groups is 1. The molecule has 0 unspecified atom stereocenters. The van der Waals surface area contributed by atoms with Gasteiger partial charge in [-0.3, -0.25) is 30.0 Å². The molecule has 20 heavy (non-hydrogen) atoms. The topological polar surface area (TPSA) is 116 Å². The maximum Gasteiger partial charge on any atom is 0.327 e. The van der Waals surface area contributed by atoms with Crippen LogP contribution in [0.3, 0.4) is 0 Å². The Labute approximate surface area is 117 Å². The summed E-state index contributed by atoms with van der Waals surface area (Å²) in [5, 5.41) is 4.96. The van der Waals surface area contributed by atoms with Gasteiger partial charge in [0.1, 0.15) is 6.04 Å². The Morgan fingerprint density at radius 3 is 2.05 bits per heavy atom. The summed E-state index contributed by atoms with van der Waals surface area (Å²) in [5.74, 6) is -2.81. The molecule has 0 aliphatic heterocycles. The molecular weight excluding hydrogens is 264 g/mol. The molecule has 1 saturated carbocycles. The molecule has 1 aliphatic carbocycles. The second kappa shape index (κ2) is 6.88. The maximum atomic E-state index is 11.8. The van der Waals surface area contributed by atoms with E-state index in [0.717, 1.165) is 12.8 Å². The van der Waals surface area contributed by atoms with Crippen molar-refractivity contribution >= 4 is 23.6 Å². The van der Waals surface area contributed by atoms with Crippen molar-refractivity contribution in [3.63, 3.8) is 0 Å². The van der Waals surface area contributed by atoms with E-state index >= 15 is 0 Å². The van der Waals surface area contributed by atoms with Gasteiger partial charge in [-0.1, -0.05) is 13.8 Å². The van der Waals surface area contributed by atoms with Gasteiger partial charge >= 0.3 is 11.8 Å². The third-order valence-electron chi connectivity index (χ3n) is 2.73. The first kappa shape index (κ1) is 15.9. The van der Waals surface area contributed by atoms with E-state index in [4.69, 9.17) is 0 Å². The van der Waals surface area contributed by atoms with Crippen LogP contribution >= 0.6 is 0 Å². The summed E-state index contributed by atoms with van der Waals surface area (Å²) < 4.78 is 0. The number of amides is 4. The second-order valence-corrected chi connectivity index (χ2v) is 5.11. The highest BCUT2D eigenvalue weighted by Crippen LogP contribution is 2.18. The zero-order valence-corrected chi connectivity index (χ0v) is 11.8. The van der Waals surface area contributed by atoms with E-state index in [1.54, 1.807) is 13.8 Å². The lowest BCUT2D eigenvalue weighted by molar-refractivity contribution is -0.141. The summed E-state index contributed by atoms with van der Waals surface area (Å²) in [5.41, 5.74) is 4.15. The monoisotopic (exact) mass is 284 g/mol. The minimum absolute atomic E-state index is 0.0618. The van der Waals surface area contributed by atoms with Gasteiger partial charge in [-0.15, -0.1) is 0 Å². The Hall–Kier alpha value is -2.12. The summed E-state index contributed by atoms with van der Waals surface area (Å²) in [7, 11) is 0. The quantitative estimate of drug-likeness (QED) is 0.374. The van der Waals surface area contributed by atoms with Crippen LogP contribution in [0.2, 0.25) is 0 Å². The number of nitrogens with one attached hydrogen (secondary N) is 4. The summed E-state index contributed by atoms with van der Waals surface area (Å²) >= 11 is 0.